The van der Waals surface area contributed by atoms with Gasteiger partial charge in [0.25, 0.3) is 0 Å². The fourth-order valence-corrected chi connectivity index (χ4v) is 2.61. The molecule has 8 nitrogen and oxygen atoms in total. The molecule has 1 saturated heterocycles. The van der Waals surface area contributed by atoms with Crippen LogP contribution in [0.4, 0.5) is 17.5 Å². The molecule has 1 unspecified atom stereocenters. The largest absolute Gasteiger partial charge is 0.377 e. The van der Waals surface area contributed by atoms with Crippen molar-refractivity contribution in [3.63, 3.8) is 0 Å². The summed E-state index contributed by atoms with van der Waals surface area (Å²) in [5.74, 6) is 2.32. The van der Waals surface area contributed by atoms with Crippen LogP contribution in [-0.2, 0) is 4.74 Å². The molecule has 5 N–H and O–H groups in total. The number of rotatable bonds is 4. The first kappa shape index (κ1) is 21.6. The zero-order valence-corrected chi connectivity index (χ0v) is 16.3. The van der Waals surface area contributed by atoms with E-state index in [4.69, 9.17) is 15.1 Å². The van der Waals surface area contributed by atoms with Gasteiger partial charge in [-0.1, -0.05) is 13.8 Å². The van der Waals surface area contributed by atoms with Gasteiger partial charge in [-0.3, -0.25) is 5.10 Å². The predicted molar refractivity (Wildman–Crippen MR) is 108 cm³/mol. The van der Waals surface area contributed by atoms with Crippen molar-refractivity contribution in [1.82, 2.24) is 15.2 Å². The number of pyridine rings is 1. The summed E-state index contributed by atoms with van der Waals surface area (Å²) in [5, 5.41) is 17.6. The van der Waals surface area contributed by atoms with Crippen LogP contribution < -0.4 is 16.0 Å². The van der Waals surface area contributed by atoms with Crippen LogP contribution in [0.15, 0.2) is 18.3 Å². The molecule has 3 heterocycles. The third-order valence-corrected chi connectivity index (χ3v) is 3.81. The number of aromatic nitrogens is 3. The highest BCUT2D eigenvalue weighted by Gasteiger charge is 2.22. The Morgan fingerprint density at radius 3 is 2.73 bits per heavy atom. The van der Waals surface area contributed by atoms with E-state index in [-0.39, 0.29) is 6.04 Å². The van der Waals surface area contributed by atoms with Crippen LogP contribution in [0.25, 0.3) is 0 Å². The molecule has 0 amide bonds. The smallest absolute Gasteiger partial charge is 0.143 e. The van der Waals surface area contributed by atoms with Crippen LogP contribution in [0.5, 0.6) is 0 Å². The Hall–Kier alpha value is -2.45. The normalized spacial score (nSPS) is 15.9. The Balaban J connectivity index is 0.000000791. The van der Waals surface area contributed by atoms with Crippen molar-refractivity contribution < 1.29 is 4.74 Å². The third-order valence-electron chi connectivity index (χ3n) is 3.81. The van der Waals surface area contributed by atoms with E-state index in [9.17, 15) is 0 Å². The number of hydrogen-bond donors (Lipinski definition) is 4. The first-order chi connectivity index (χ1) is 12.7. The molecule has 1 aliphatic rings. The number of morpholine rings is 1. The van der Waals surface area contributed by atoms with Crippen LogP contribution in [0.3, 0.4) is 0 Å². The van der Waals surface area contributed by atoms with E-state index in [1.54, 1.807) is 6.20 Å². The van der Waals surface area contributed by atoms with Crippen LogP contribution >= 0.6 is 0 Å². The molecule has 1 fully saturated rings. The highest BCUT2D eigenvalue weighted by atomic mass is 16.5. The summed E-state index contributed by atoms with van der Waals surface area (Å²) in [6.07, 6.45) is 3.00. The SMILES string of the molecule is CC.CN.Cc1cc(N2CCOCC2C)nc(Nc2ccn[nH]2)c1C=N. The van der Waals surface area contributed by atoms with Gasteiger partial charge in [0.2, 0.25) is 0 Å². The molecular weight excluding hydrogens is 330 g/mol. The monoisotopic (exact) mass is 361 g/mol. The van der Waals surface area contributed by atoms with Gasteiger partial charge < -0.3 is 26.1 Å². The van der Waals surface area contributed by atoms with Gasteiger partial charge in [-0.05, 0) is 32.5 Å². The van der Waals surface area contributed by atoms with Gasteiger partial charge in [0.15, 0.2) is 0 Å². The van der Waals surface area contributed by atoms with E-state index in [2.05, 4.69) is 33.1 Å². The second-order valence-electron chi connectivity index (χ2n) is 5.42. The molecule has 26 heavy (non-hydrogen) atoms. The zero-order valence-electron chi connectivity index (χ0n) is 16.3. The standard InChI is InChI=1S/C15H20N6O.C2H6.CH5N/c1-10-7-14(21-5-6-22-9-11(21)2)19-15(12(10)8-16)18-13-3-4-17-20-13;2*1-2/h3-4,7-8,11,16H,5-6,9H2,1-2H3,(H2,17,18,19,20);1-2H3;2H2,1H3. The van der Waals surface area contributed by atoms with Crippen molar-refractivity contribution in [1.29, 1.82) is 5.41 Å². The average molecular weight is 361 g/mol. The van der Waals surface area contributed by atoms with Crippen LogP contribution in [0.2, 0.25) is 0 Å². The summed E-state index contributed by atoms with van der Waals surface area (Å²) in [7, 11) is 1.50. The minimum Gasteiger partial charge on any atom is -0.377 e. The van der Waals surface area contributed by atoms with Crippen molar-refractivity contribution >= 4 is 23.7 Å². The van der Waals surface area contributed by atoms with Crippen LogP contribution in [0, 0.1) is 12.3 Å². The Bertz CT molecular complexity index is 658. The molecule has 2 aromatic rings. The lowest BCUT2D eigenvalue weighted by atomic mass is 10.1. The molecule has 1 atom stereocenters. The van der Waals surface area contributed by atoms with Crippen molar-refractivity contribution in [2.24, 2.45) is 5.73 Å². The molecule has 0 radical (unpaired) electrons. The molecule has 0 aromatic carbocycles. The summed E-state index contributed by atoms with van der Waals surface area (Å²) >= 11 is 0. The number of nitrogens with two attached hydrogens (primary N) is 1. The summed E-state index contributed by atoms with van der Waals surface area (Å²) in [6.45, 7) is 10.4. The third kappa shape index (κ3) is 5.27. The van der Waals surface area contributed by atoms with Gasteiger partial charge >= 0.3 is 0 Å². The zero-order chi connectivity index (χ0) is 19.5. The lowest BCUT2D eigenvalue weighted by Crippen LogP contribution is -2.44. The Labute approximate surface area is 155 Å². The van der Waals surface area contributed by atoms with Gasteiger partial charge in [-0.25, -0.2) is 4.98 Å². The second-order valence-corrected chi connectivity index (χ2v) is 5.42. The molecule has 0 bridgehead atoms. The number of H-pyrrole nitrogens is 1. The fourth-order valence-electron chi connectivity index (χ4n) is 2.61. The molecule has 1 aliphatic heterocycles. The molecule has 0 saturated carbocycles. The van der Waals surface area contributed by atoms with Crippen LogP contribution in [0.1, 0.15) is 31.9 Å². The number of ether oxygens (including phenoxy) is 1. The lowest BCUT2D eigenvalue weighted by Gasteiger charge is -2.34. The van der Waals surface area contributed by atoms with E-state index in [1.807, 2.05) is 32.9 Å². The average Bonchev–Trinajstić information content (AvgIpc) is 3.18. The number of nitrogens with zero attached hydrogens (tertiary/aromatic N) is 3. The molecular formula is C18H31N7O. The number of hydrogen-bond acceptors (Lipinski definition) is 7. The molecule has 2 aromatic heterocycles. The maximum Gasteiger partial charge on any atom is 0.143 e. The van der Waals surface area contributed by atoms with Crippen molar-refractivity contribution in [3.05, 3.63) is 29.5 Å². The number of nitrogens with one attached hydrogen (secondary N) is 3. The molecule has 144 valence electrons. The van der Waals surface area contributed by atoms with Crippen molar-refractivity contribution in [2.75, 3.05) is 37.0 Å². The highest BCUT2D eigenvalue weighted by Crippen LogP contribution is 2.26. The molecule has 8 heteroatoms. The number of anilines is 3. The lowest BCUT2D eigenvalue weighted by molar-refractivity contribution is 0.0985. The van der Waals surface area contributed by atoms with E-state index in [0.29, 0.717) is 19.0 Å². The first-order valence-electron chi connectivity index (χ1n) is 8.89. The van der Waals surface area contributed by atoms with Gasteiger partial charge in [-0.15, -0.1) is 0 Å². The minimum absolute atomic E-state index is 0.284. The summed E-state index contributed by atoms with van der Waals surface area (Å²) in [5.41, 5.74) is 6.29. The molecule has 0 aliphatic carbocycles. The predicted octanol–water partition coefficient (Wildman–Crippen LogP) is 2.68. The quantitative estimate of drug-likeness (QED) is 0.622. The first-order valence-corrected chi connectivity index (χ1v) is 8.89. The van der Waals surface area contributed by atoms with Crippen molar-refractivity contribution in [3.8, 4) is 0 Å². The number of aryl methyl sites for hydroxylation is 1. The van der Waals surface area contributed by atoms with Gasteiger partial charge in [0.1, 0.15) is 17.5 Å². The van der Waals surface area contributed by atoms with E-state index >= 15 is 0 Å². The van der Waals surface area contributed by atoms with Gasteiger partial charge in [-0.2, -0.15) is 5.10 Å². The summed E-state index contributed by atoms with van der Waals surface area (Å²) in [4.78, 5) is 6.95. The van der Waals surface area contributed by atoms with Gasteiger partial charge in [0.05, 0.1) is 25.5 Å². The van der Waals surface area contributed by atoms with E-state index in [1.165, 1.54) is 13.3 Å². The van der Waals surface area contributed by atoms with E-state index < -0.39 is 0 Å². The topological polar surface area (TPSA) is 116 Å². The second kappa shape index (κ2) is 11.2. The summed E-state index contributed by atoms with van der Waals surface area (Å²) < 4.78 is 5.49. The maximum absolute atomic E-state index is 7.64. The van der Waals surface area contributed by atoms with Crippen molar-refractivity contribution in [2.45, 2.75) is 33.7 Å². The van der Waals surface area contributed by atoms with Crippen LogP contribution in [-0.4, -0.2) is 54.2 Å². The Kier molecular flexibility index (Phi) is 9.32. The van der Waals surface area contributed by atoms with E-state index in [0.717, 1.165) is 29.3 Å². The Morgan fingerprint density at radius 1 is 1.42 bits per heavy atom. The maximum atomic E-state index is 7.64. The molecule has 3 rings (SSSR count). The number of aromatic amines is 1. The highest BCUT2D eigenvalue weighted by molar-refractivity contribution is 5.88. The van der Waals surface area contributed by atoms with Gasteiger partial charge in [0, 0.05) is 24.4 Å². The minimum atomic E-state index is 0.284. The fraction of sp³-hybridized carbons (Fsp3) is 0.500. The summed E-state index contributed by atoms with van der Waals surface area (Å²) in [6, 6.07) is 4.14. The molecule has 0 spiro atoms. The Morgan fingerprint density at radius 2 is 2.15 bits per heavy atom.